The summed E-state index contributed by atoms with van der Waals surface area (Å²) in [6.07, 6.45) is -2.09. The fraction of sp³-hybridized carbons (Fsp3) is 0.417. The van der Waals surface area contributed by atoms with Crippen LogP contribution in [0.2, 0.25) is 0 Å². The van der Waals surface area contributed by atoms with Crippen LogP contribution in [0.15, 0.2) is 33.7 Å². The number of aliphatic imine (C=N–C) groups is 1. The van der Waals surface area contributed by atoms with Crippen LogP contribution >= 0.6 is 15.9 Å². The zero-order valence-corrected chi connectivity index (χ0v) is 20.3. The van der Waals surface area contributed by atoms with Gasteiger partial charge in [-0.25, -0.2) is 9.37 Å². The van der Waals surface area contributed by atoms with Gasteiger partial charge in [0.15, 0.2) is 6.29 Å². The number of nitrogens with one attached hydrogen (secondary N) is 1. The number of carbonyl (C=O) groups is 2. The van der Waals surface area contributed by atoms with Crippen LogP contribution in [-0.4, -0.2) is 41.6 Å². The third-order valence-corrected chi connectivity index (χ3v) is 7.57. The molecule has 0 bridgehead atoms. The Labute approximate surface area is 206 Å². The number of hydrogen-bond donors (Lipinski definition) is 1. The summed E-state index contributed by atoms with van der Waals surface area (Å²) >= 11 is 3.25. The first-order valence-corrected chi connectivity index (χ1v) is 11.9. The predicted octanol–water partition coefficient (Wildman–Crippen LogP) is 4.78. The van der Waals surface area contributed by atoms with Gasteiger partial charge in [0.2, 0.25) is 0 Å². The largest absolute Gasteiger partial charge is 0.433 e. The second-order valence-corrected chi connectivity index (χ2v) is 10.4. The van der Waals surface area contributed by atoms with Crippen LogP contribution in [0.1, 0.15) is 59.9 Å². The summed E-state index contributed by atoms with van der Waals surface area (Å²) < 4.78 is 54.6. The minimum absolute atomic E-state index is 0.0534. The van der Waals surface area contributed by atoms with Gasteiger partial charge in [0, 0.05) is 28.5 Å². The molecule has 1 N–H and O–H groups in total. The van der Waals surface area contributed by atoms with E-state index in [0.717, 1.165) is 6.07 Å². The molecule has 0 atom stereocenters. The predicted molar refractivity (Wildman–Crippen MR) is 124 cm³/mol. The fourth-order valence-electron chi connectivity index (χ4n) is 4.74. The maximum atomic E-state index is 14.3. The number of benzene rings is 1. The second-order valence-electron chi connectivity index (χ2n) is 9.52. The van der Waals surface area contributed by atoms with Crippen molar-refractivity contribution in [3.8, 4) is 0 Å². The molecule has 11 heteroatoms. The molecular formula is C24H21BrF4N4O2. The van der Waals surface area contributed by atoms with Crippen molar-refractivity contribution in [2.75, 3.05) is 18.0 Å². The maximum absolute atomic E-state index is 14.3. The number of pyridine rings is 1. The Balaban J connectivity index is 1.45. The average molecular weight is 553 g/mol. The number of aromatic nitrogens is 1. The molecule has 1 saturated carbocycles. The first kappa shape index (κ1) is 23.9. The number of carbonyl (C=O) groups excluding carboxylic acids is 2. The highest BCUT2D eigenvalue weighted by molar-refractivity contribution is 9.10. The van der Waals surface area contributed by atoms with Gasteiger partial charge in [0.1, 0.15) is 22.9 Å². The molecule has 1 aromatic carbocycles. The van der Waals surface area contributed by atoms with Gasteiger partial charge in [-0.1, -0.05) is 22.9 Å². The SMILES string of the molecule is CC1(c2nc(C(F)(F)F)ccc2C2=NC3(CCN(c4cc(Br)cc(F)c4C=O)CC3)C(=O)N2)CC1. The van der Waals surface area contributed by atoms with Crippen LogP contribution in [0.5, 0.6) is 0 Å². The standard InChI is InChI=1S/C24H21BrF4N4O2/c1-22(4-5-22)19-14(2-3-18(30-19)24(27,28)29)20-31-21(35)23(32-20)6-8-33(9-7-23)17-11-13(25)10-16(26)15(17)12-34/h2-3,10-12H,4-9H2,1H3,(H,31,32,35). The molecular weight excluding hydrogens is 532 g/mol. The van der Waals surface area contributed by atoms with Crippen LogP contribution in [0, 0.1) is 5.82 Å². The van der Waals surface area contributed by atoms with Crippen LogP contribution in [0.4, 0.5) is 23.2 Å². The number of rotatable bonds is 4. The zero-order chi connectivity index (χ0) is 25.2. The summed E-state index contributed by atoms with van der Waals surface area (Å²) in [6, 6.07) is 5.12. The van der Waals surface area contributed by atoms with Gasteiger partial charge in [-0.3, -0.25) is 14.6 Å². The number of piperidine rings is 1. The van der Waals surface area contributed by atoms with Gasteiger partial charge >= 0.3 is 6.18 Å². The van der Waals surface area contributed by atoms with Crippen molar-refractivity contribution in [2.24, 2.45) is 4.99 Å². The van der Waals surface area contributed by atoms with Gasteiger partial charge in [0.25, 0.3) is 5.91 Å². The lowest BCUT2D eigenvalue weighted by atomic mass is 9.87. The van der Waals surface area contributed by atoms with Crippen LogP contribution in [0.3, 0.4) is 0 Å². The summed E-state index contributed by atoms with van der Waals surface area (Å²) in [6.45, 7) is 2.54. The number of amidine groups is 1. The van der Waals surface area contributed by atoms with Crippen molar-refractivity contribution in [3.63, 3.8) is 0 Å². The Morgan fingerprint density at radius 3 is 2.43 bits per heavy atom. The second kappa shape index (κ2) is 8.11. The third-order valence-electron chi connectivity index (χ3n) is 7.11. The number of amides is 1. The third kappa shape index (κ3) is 4.13. The molecule has 2 fully saturated rings. The number of aldehydes is 1. The van der Waals surface area contributed by atoms with Gasteiger partial charge in [-0.05, 0) is 49.9 Å². The van der Waals surface area contributed by atoms with E-state index in [2.05, 4.69) is 31.2 Å². The van der Waals surface area contributed by atoms with E-state index >= 15 is 0 Å². The van der Waals surface area contributed by atoms with Gasteiger partial charge in [0.05, 0.1) is 16.9 Å². The van der Waals surface area contributed by atoms with E-state index in [4.69, 9.17) is 0 Å². The van der Waals surface area contributed by atoms with Gasteiger partial charge in [-0.15, -0.1) is 0 Å². The van der Waals surface area contributed by atoms with Crippen LogP contribution < -0.4 is 10.2 Å². The first-order valence-electron chi connectivity index (χ1n) is 11.2. The molecule has 6 nitrogen and oxygen atoms in total. The highest BCUT2D eigenvalue weighted by atomic mass is 79.9. The molecule has 35 heavy (non-hydrogen) atoms. The molecule has 3 aliphatic rings. The number of alkyl halides is 3. The molecule has 184 valence electrons. The van der Waals surface area contributed by atoms with Crippen molar-refractivity contribution in [1.29, 1.82) is 0 Å². The van der Waals surface area contributed by atoms with E-state index in [1.807, 2.05) is 11.8 Å². The molecule has 1 aliphatic carbocycles. The summed E-state index contributed by atoms with van der Waals surface area (Å²) in [5.74, 6) is -0.732. The lowest BCUT2D eigenvalue weighted by Gasteiger charge is -2.37. The summed E-state index contributed by atoms with van der Waals surface area (Å²) in [5.41, 5.74) is -1.46. The minimum atomic E-state index is -4.57. The lowest BCUT2D eigenvalue weighted by molar-refractivity contribution is -0.141. The molecule has 1 saturated heterocycles. The molecule has 1 aromatic heterocycles. The van der Waals surface area contributed by atoms with E-state index < -0.39 is 28.6 Å². The molecule has 1 amide bonds. The van der Waals surface area contributed by atoms with E-state index in [9.17, 15) is 27.2 Å². The quantitative estimate of drug-likeness (QED) is 0.437. The highest BCUT2D eigenvalue weighted by Gasteiger charge is 2.49. The van der Waals surface area contributed by atoms with Gasteiger partial charge < -0.3 is 10.2 Å². The topological polar surface area (TPSA) is 74.7 Å². The Kier molecular flexibility index (Phi) is 5.54. The lowest BCUT2D eigenvalue weighted by Crippen LogP contribution is -2.49. The number of halogens is 5. The number of hydrogen-bond acceptors (Lipinski definition) is 5. The number of nitrogens with zero attached hydrogens (tertiary/aromatic N) is 3. The van der Waals surface area contributed by atoms with Crippen molar-refractivity contribution in [2.45, 2.75) is 49.7 Å². The van der Waals surface area contributed by atoms with E-state index in [1.165, 1.54) is 12.1 Å². The Bertz CT molecular complexity index is 1260. The Morgan fingerprint density at radius 2 is 1.83 bits per heavy atom. The summed E-state index contributed by atoms with van der Waals surface area (Å²) in [5, 5.41) is 2.77. The Morgan fingerprint density at radius 1 is 1.14 bits per heavy atom. The Hall–Kier alpha value is -2.82. The van der Waals surface area contributed by atoms with Crippen molar-refractivity contribution < 1.29 is 27.2 Å². The van der Waals surface area contributed by atoms with E-state index in [-0.39, 0.29) is 17.3 Å². The molecule has 1 spiro atoms. The fourth-order valence-corrected chi connectivity index (χ4v) is 5.16. The summed E-state index contributed by atoms with van der Waals surface area (Å²) in [4.78, 5) is 35.0. The van der Waals surface area contributed by atoms with Crippen LogP contribution in [0.25, 0.3) is 0 Å². The average Bonchev–Trinajstić information content (AvgIpc) is 3.48. The molecule has 5 rings (SSSR count). The molecule has 3 heterocycles. The van der Waals surface area contributed by atoms with Crippen molar-refractivity contribution in [1.82, 2.24) is 10.3 Å². The number of anilines is 1. The van der Waals surface area contributed by atoms with Gasteiger partial charge in [-0.2, -0.15) is 13.2 Å². The van der Waals surface area contributed by atoms with Crippen molar-refractivity contribution >= 4 is 39.6 Å². The summed E-state index contributed by atoms with van der Waals surface area (Å²) in [7, 11) is 0. The maximum Gasteiger partial charge on any atom is 0.433 e. The zero-order valence-electron chi connectivity index (χ0n) is 18.7. The molecule has 0 unspecified atom stereocenters. The smallest absolute Gasteiger partial charge is 0.371 e. The minimum Gasteiger partial charge on any atom is -0.371 e. The first-order chi connectivity index (χ1) is 16.5. The normalized spacial score (nSPS) is 20.6. The van der Waals surface area contributed by atoms with Crippen LogP contribution in [-0.2, 0) is 16.4 Å². The van der Waals surface area contributed by atoms with E-state index in [1.54, 1.807) is 6.07 Å². The highest BCUT2D eigenvalue weighted by Crippen LogP contribution is 2.49. The van der Waals surface area contributed by atoms with E-state index in [0.29, 0.717) is 66.5 Å². The molecule has 2 aromatic rings. The molecule has 0 radical (unpaired) electrons. The van der Waals surface area contributed by atoms with Crippen molar-refractivity contribution in [3.05, 3.63) is 57.1 Å². The monoisotopic (exact) mass is 552 g/mol. The molecule has 2 aliphatic heterocycles.